The Hall–Kier alpha value is -3.99. The number of carbonyl (C=O) groups is 6. The van der Waals surface area contributed by atoms with Crippen LogP contribution in [-0.2, 0) is 110 Å². The number of aliphatic hydroxyl groups excluding tert-OH is 1. The van der Waals surface area contributed by atoms with Crippen LogP contribution in [0.4, 0.5) is 10.6 Å². The second-order valence-corrected chi connectivity index (χ2v) is 32.6. The number of nitrogens with zero attached hydrogens (tertiary/aromatic N) is 4. The normalized spacial score (nSPS) is 19.4. The second-order valence-electron chi connectivity index (χ2n) is 26.2. The van der Waals surface area contributed by atoms with E-state index in [9.17, 15) is 67.4 Å². The van der Waals surface area contributed by atoms with E-state index in [0.29, 0.717) is 233 Å². The second kappa shape index (κ2) is 58.0. The summed E-state index contributed by atoms with van der Waals surface area (Å²) in [5.41, 5.74) is 4.79. The minimum absolute atomic E-state index is 0.0150. The maximum absolute atomic E-state index is 13.6. The van der Waals surface area contributed by atoms with Crippen LogP contribution in [0.15, 0.2) is 21.2 Å². The van der Waals surface area contributed by atoms with Crippen molar-refractivity contribution in [2.75, 3.05) is 201 Å². The van der Waals surface area contributed by atoms with Crippen LogP contribution in [0.1, 0.15) is 121 Å². The zero-order chi connectivity index (χ0) is 80.2. The van der Waals surface area contributed by atoms with Gasteiger partial charge in [-0.05, 0) is 51.9 Å². The molecule has 44 heteroatoms. The number of phosphoric acid groups is 2. The molecule has 3 fully saturated rings. The third kappa shape index (κ3) is 46.5. The number of thioether (sulfide) groups is 1. The van der Waals surface area contributed by atoms with Gasteiger partial charge in [-0.25, -0.2) is 18.7 Å². The lowest BCUT2D eigenvalue weighted by Crippen LogP contribution is -2.47. The molecule has 1 aromatic heterocycles. The van der Waals surface area contributed by atoms with Gasteiger partial charge in [-0.2, -0.15) is 27.0 Å². The summed E-state index contributed by atoms with van der Waals surface area (Å²) in [7, 11) is -7.50. The highest BCUT2D eigenvalue weighted by Crippen LogP contribution is 2.45. The number of aryl methyl sites for hydroxylation is 1. The SMILES string of the molecule is CC1(CCC(=O)NCCSSCCC(=O)N[C@@H](CCCCCC(=O)CCOCCOCCOCCOCCOCCOCCOCCOCCOCCOCCOCCOCCCC(=O)CCCC[C@@H]2SC[C@@H]3NC(=O)N[C@@H]32)C(=O)NCCCc2cn([C@@H]3O[C@H](COP(=O)(O)O)C(OP(=O)(O)O)[C@@H]3O)c(=O)nc2N)N=N1. The number of hydrogen-bond donors (Lipinski definition) is 11. The maximum Gasteiger partial charge on any atom is 0.470 e. The number of unbranched alkanes of at least 4 members (excludes halogenated alkanes) is 3. The number of ether oxygens (including phenoxy) is 13. The summed E-state index contributed by atoms with van der Waals surface area (Å²) in [6.45, 7) is 11.4. The summed E-state index contributed by atoms with van der Waals surface area (Å²) in [5, 5.41) is 33.7. The van der Waals surface area contributed by atoms with Crippen molar-refractivity contribution in [2.24, 2.45) is 10.2 Å². The molecule has 0 bridgehead atoms. The van der Waals surface area contributed by atoms with Gasteiger partial charge in [-0.1, -0.05) is 40.9 Å². The Bertz CT molecular complexity index is 3010. The molecule has 1 aromatic rings. The van der Waals surface area contributed by atoms with Crippen LogP contribution in [0.5, 0.6) is 0 Å². The van der Waals surface area contributed by atoms with Gasteiger partial charge in [0.1, 0.15) is 41.7 Å². The molecule has 12 N–H and O–H groups in total. The van der Waals surface area contributed by atoms with E-state index in [0.717, 1.165) is 29.6 Å². The zero-order valence-electron chi connectivity index (χ0n) is 63.4. The Labute approximate surface area is 659 Å². The molecule has 638 valence electrons. The molecule has 4 aliphatic heterocycles. The maximum atomic E-state index is 13.6. The average molecular weight is 1690 g/mol. The molecule has 3 saturated heterocycles. The number of phosphoric ester groups is 2. The van der Waals surface area contributed by atoms with Crippen molar-refractivity contribution in [2.45, 2.75) is 170 Å². The molecule has 0 saturated carbocycles. The van der Waals surface area contributed by atoms with E-state index in [2.05, 4.69) is 50.8 Å². The molecule has 0 aromatic carbocycles. The number of anilines is 1. The van der Waals surface area contributed by atoms with Crippen LogP contribution < -0.4 is 38.0 Å². The Morgan fingerprint density at radius 2 is 1.14 bits per heavy atom. The van der Waals surface area contributed by atoms with Gasteiger partial charge in [0.15, 0.2) is 11.9 Å². The van der Waals surface area contributed by atoms with E-state index < -0.39 is 70.1 Å². The molecular formula is C67H118N10O29P2S3. The number of hydrogen-bond acceptors (Lipinski definition) is 32. The summed E-state index contributed by atoms with van der Waals surface area (Å²) < 4.78 is 105. The predicted molar refractivity (Wildman–Crippen MR) is 407 cm³/mol. The minimum atomic E-state index is -5.32. The van der Waals surface area contributed by atoms with Crippen LogP contribution in [-0.4, -0.2) is 312 Å². The van der Waals surface area contributed by atoms with Gasteiger partial charge >= 0.3 is 27.4 Å². The minimum Gasteiger partial charge on any atom is -0.386 e. The molecule has 0 radical (unpaired) electrons. The first kappa shape index (κ1) is 97.6. The number of amides is 5. The number of nitrogens with one attached hydrogen (secondary N) is 5. The van der Waals surface area contributed by atoms with E-state index in [1.54, 1.807) is 0 Å². The molecule has 0 aliphatic carbocycles. The Kier molecular flexibility index (Phi) is 51.0. The first-order chi connectivity index (χ1) is 53.5. The van der Waals surface area contributed by atoms with E-state index in [1.165, 1.54) is 27.8 Å². The van der Waals surface area contributed by atoms with Gasteiger partial charge < -0.3 is 119 Å². The third-order valence-electron chi connectivity index (χ3n) is 17.1. The number of aliphatic hydroxyl groups is 1. The molecule has 8 atom stereocenters. The van der Waals surface area contributed by atoms with Crippen molar-refractivity contribution in [3.63, 3.8) is 0 Å². The topological polar surface area (TPSA) is 522 Å². The first-order valence-electron chi connectivity index (χ1n) is 37.8. The number of aromatic nitrogens is 2. The summed E-state index contributed by atoms with van der Waals surface area (Å²) >= 11 is 1.90. The fourth-order valence-corrected chi connectivity index (χ4v) is 15.5. The summed E-state index contributed by atoms with van der Waals surface area (Å²) in [4.78, 5) is 129. The highest BCUT2D eigenvalue weighted by molar-refractivity contribution is 8.76. The Balaban J connectivity index is 0.775. The molecule has 111 heavy (non-hydrogen) atoms. The predicted octanol–water partition coefficient (Wildman–Crippen LogP) is 2.24. The molecule has 5 heterocycles. The number of ketones is 2. The Morgan fingerprint density at radius 1 is 0.622 bits per heavy atom. The first-order valence-corrected chi connectivity index (χ1v) is 44.4. The summed E-state index contributed by atoms with van der Waals surface area (Å²) in [6.07, 6.45) is 2.30. The van der Waals surface area contributed by atoms with Gasteiger partial charge in [0, 0.05) is 98.9 Å². The van der Waals surface area contributed by atoms with Gasteiger partial charge in [0.25, 0.3) is 0 Å². The van der Waals surface area contributed by atoms with E-state index in [4.69, 9.17) is 67.3 Å². The number of fused-ring (bicyclic) bond motifs is 1. The highest BCUT2D eigenvalue weighted by atomic mass is 33.1. The highest BCUT2D eigenvalue weighted by Gasteiger charge is 2.50. The van der Waals surface area contributed by atoms with Crippen LogP contribution in [0.2, 0.25) is 0 Å². The van der Waals surface area contributed by atoms with E-state index in [1.807, 2.05) is 18.7 Å². The van der Waals surface area contributed by atoms with Gasteiger partial charge in [-0.3, -0.25) is 37.6 Å². The number of nitrogens with two attached hydrogens (primary N) is 1. The summed E-state index contributed by atoms with van der Waals surface area (Å²) in [6, 6.07) is -0.544. The lowest BCUT2D eigenvalue weighted by Gasteiger charge is -2.21. The van der Waals surface area contributed by atoms with E-state index in [-0.39, 0.29) is 98.1 Å². The number of nitrogen functional groups attached to an aromatic ring is 1. The van der Waals surface area contributed by atoms with Crippen molar-refractivity contribution >= 4 is 90.1 Å². The van der Waals surface area contributed by atoms with Crippen LogP contribution in [0.3, 0.4) is 0 Å². The van der Waals surface area contributed by atoms with Gasteiger partial charge in [-0.15, -0.1) is 0 Å². The lowest BCUT2D eigenvalue weighted by molar-refractivity contribution is -0.129. The lowest BCUT2D eigenvalue weighted by atomic mass is 10.0. The van der Waals surface area contributed by atoms with Crippen LogP contribution >= 0.6 is 49.0 Å². The molecule has 39 nitrogen and oxygen atoms in total. The zero-order valence-corrected chi connectivity index (χ0v) is 67.7. The fraction of sp³-hybridized carbons (Fsp3) is 0.851. The van der Waals surface area contributed by atoms with Crippen molar-refractivity contribution in [1.82, 2.24) is 36.1 Å². The quantitative estimate of drug-likeness (QED) is 0.0193. The fourth-order valence-electron chi connectivity index (χ4n) is 11.2. The molecule has 5 rings (SSSR count). The van der Waals surface area contributed by atoms with Crippen molar-refractivity contribution < 1.29 is 133 Å². The van der Waals surface area contributed by atoms with Crippen LogP contribution in [0.25, 0.3) is 0 Å². The molecule has 1 unspecified atom stereocenters. The molecule has 5 amide bonds. The smallest absolute Gasteiger partial charge is 0.386 e. The number of rotatable bonds is 73. The van der Waals surface area contributed by atoms with Crippen molar-refractivity contribution in [3.8, 4) is 0 Å². The van der Waals surface area contributed by atoms with Gasteiger partial charge in [0.2, 0.25) is 17.7 Å². The monoisotopic (exact) mass is 1680 g/mol. The average Bonchev–Trinajstić information content (AvgIpc) is 1.66. The number of urea groups is 1. The standard InChI is InChI=1S/C67H118N10O29P2S3/c1-67(75-76-67)18-15-57(80)69-20-46-111-110-45-17-58(81)71-53(63(83)70-19-7-9-50-47-77(66(85)74-62(50)68)64-60(82)61(106-108(89,90)91)55(105-64)48-104-107(86,87)88)13-4-2-3-10-52(79)16-22-93-24-26-95-28-30-97-32-34-99-36-38-101-40-42-103-44-43-102-41-39-100-37-35-98-33-31-96-29-27-94-25-23-92-21-8-12-51(78)11-5-6-14-56-59-54(49-109-56)72-65(84)73-59/h47,53-56,59-61,64,82H,2-46,48-49H2,1H3,(H,69,80)(H,70,83)(H,71,81)(H2,68,74,85)(H2,72,73,84)(H2,86,87,88)(H2,89,90,91)/t53-,54-,55+,56-,59-,60-,61?,64+/m0/s1. The number of carbonyl (C=O) groups excluding carboxylic acids is 6. The molecule has 4 aliphatic rings. The largest absolute Gasteiger partial charge is 0.470 e. The van der Waals surface area contributed by atoms with Crippen molar-refractivity contribution in [1.29, 1.82) is 0 Å². The summed E-state index contributed by atoms with van der Waals surface area (Å²) in [5.74, 6) is 1.14. The van der Waals surface area contributed by atoms with E-state index >= 15 is 0 Å². The van der Waals surface area contributed by atoms with Gasteiger partial charge in [0.05, 0.1) is 171 Å². The Morgan fingerprint density at radius 3 is 1.68 bits per heavy atom. The number of Topliss-reactive ketones (excluding diaryl/α,β-unsaturated/α-hetero) is 2. The van der Waals surface area contributed by atoms with Crippen molar-refractivity contribution in [3.05, 3.63) is 22.2 Å². The molecular weight excluding hydrogens is 1570 g/mol. The van der Waals surface area contributed by atoms with Crippen LogP contribution in [0, 0.1) is 0 Å². The third-order valence-corrected chi connectivity index (χ3v) is 22.0. The molecule has 0 spiro atoms.